The van der Waals surface area contributed by atoms with Crippen LogP contribution in [0.4, 0.5) is 4.39 Å². The second-order valence-corrected chi connectivity index (χ2v) is 3.96. The van der Waals surface area contributed by atoms with Gasteiger partial charge >= 0.3 is 0 Å². The maximum Gasteiger partial charge on any atom is 0.123 e. The maximum absolute atomic E-state index is 12.8. The fourth-order valence-electron chi connectivity index (χ4n) is 1.73. The molecule has 76 valence electrons. The van der Waals surface area contributed by atoms with Gasteiger partial charge < -0.3 is 5.32 Å². The first-order valence-electron chi connectivity index (χ1n) is 5.32. The molecular formula is C12H16FN. The van der Waals surface area contributed by atoms with Crippen LogP contribution in [-0.4, -0.2) is 12.6 Å². The van der Waals surface area contributed by atoms with E-state index in [4.69, 9.17) is 0 Å². The number of hydrogen-bond acceptors (Lipinski definition) is 1. The Morgan fingerprint density at radius 2 is 2.21 bits per heavy atom. The molecule has 1 saturated carbocycles. The highest BCUT2D eigenvalue weighted by molar-refractivity contribution is 5.16. The van der Waals surface area contributed by atoms with Gasteiger partial charge in [0.25, 0.3) is 0 Å². The van der Waals surface area contributed by atoms with Crippen LogP contribution in [0.3, 0.4) is 0 Å². The second kappa shape index (κ2) is 4.56. The topological polar surface area (TPSA) is 12.0 Å². The van der Waals surface area contributed by atoms with Crippen molar-refractivity contribution in [2.24, 2.45) is 0 Å². The van der Waals surface area contributed by atoms with E-state index < -0.39 is 0 Å². The van der Waals surface area contributed by atoms with Crippen LogP contribution in [0.1, 0.15) is 24.8 Å². The van der Waals surface area contributed by atoms with Crippen LogP contribution in [0, 0.1) is 5.82 Å². The summed E-state index contributed by atoms with van der Waals surface area (Å²) in [6.45, 7) is 0.966. The molecule has 1 nitrogen and oxygen atoms in total. The molecule has 0 amide bonds. The van der Waals surface area contributed by atoms with E-state index in [1.165, 1.54) is 25.3 Å². The van der Waals surface area contributed by atoms with Gasteiger partial charge in [0.2, 0.25) is 0 Å². The summed E-state index contributed by atoms with van der Waals surface area (Å²) in [6, 6.07) is 7.58. The van der Waals surface area contributed by atoms with E-state index in [0.717, 1.165) is 24.6 Å². The van der Waals surface area contributed by atoms with E-state index in [0.29, 0.717) is 0 Å². The molecule has 2 heteroatoms. The van der Waals surface area contributed by atoms with Gasteiger partial charge in [-0.3, -0.25) is 0 Å². The van der Waals surface area contributed by atoms with E-state index in [9.17, 15) is 4.39 Å². The lowest BCUT2D eigenvalue weighted by Crippen LogP contribution is -2.36. The van der Waals surface area contributed by atoms with Gasteiger partial charge in [-0.15, -0.1) is 0 Å². The summed E-state index contributed by atoms with van der Waals surface area (Å²) < 4.78 is 12.8. The molecule has 0 aromatic heterocycles. The third-order valence-corrected chi connectivity index (χ3v) is 2.84. The van der Waals surface area contributed by atoms with E-state index in [1.807, 2.05) is 6.07 Å². The molecule has 14 heavy (non-hydrogen) atoms. The fourth-order valence-corrected chi connectivity index (χ4v) is 1.73. The molecule has 1 fully saturated rings. The zero-order valence-electron chi connectivity index (χ0n) is 8.30. The van der Waals surface area contributed by atoms with Crippen LogP contribution in [0.15, 0.2) is 24.3 Å². The molecule has 0 aliphatic heterocycles. The summed E-state index contributed by atoms with van der Waals surface area (Å²) >= 11 is 0. The average Bonchev–Trinajstić information content (AvgIpc) is 2.09. The molecule has 0 saturated heterocycles. The standard InChI is InChI=1S/C12H16FN/c13-11-4-1-3-10(9-11)7-8-14-12-5-2-6-12/h1,3-4,9,12,14H,2,5-8H2. The minimum Gasteiger partial charge on any atom is -0.314 e. The van der Waals surface area contributed by atoms with Gasteiger partial charge in [-0.1, -0.05) is 18.6 Å². The molecule has 0 unspecified atom stereocenters. The highest BCUT2D eigenvalue weighted by atomic mass is 19.1. The van der Waals surface area contributed by atoms with Crippen LogP contribution in [0.2, 0.25) is 0 Å². The maximum atomic E-state index is 12.8. The molecule has 1 aromatic carbocycles. The van der Waals surface area contributed by atoms with Crippen molar-refractivity contribution in [3.05, 3.63) is 35.6 Å². The molecule has 0 atom stereocenters. The molecule has 0 spiro atoms. The number of halogens is 1. The lowest BCUT2D eigenvalue weighted by Gasteiger charge is -2.26. The number of benzene rings is 1. The minimum atomic E-state index is -0.133. The van der Waals surface area contributed by atoms with E-state index >= 15 is 0 Å². The quantitative estimate of drug-likeness (QED) is 0.774. The van der Waals surface area contributed by atoms with Crippen LogP contribution < -0.4 is 5.32 Å². The summed E-state index contributed by atoms with van der Waals surface area (Å²) in [5, 5.41) is 3.46. The highest BCUT2D eigenvalue weighted by Crippen LogP contribution is 2.17. The van der Waals surface area contributed by atoms with Crippen molar-refractivity contribution in [1.29, 1.82) is 0 Å². The van der Waals surface area contributed by atoms with Gasteiger partial charge in [-0.05, 0) is 43.5 Å². The van der Waals surface area contributed by atoms with Crippen LogP contribution in [0.25, 0.3) is 0 Å². The van der Waals surface area contributed by atoms with Gasteiger partial charge in [0.1, 0.15) is 5.82 Å². The van der Waals surface area contributed by atoms with Gasteiger partial charge in [-0.25, -0.2) is 4.39 Å². The van der Waals surface area contributed by atoms with Crippen molar-refractivity contribution in [2.75, 3.05) is 6.54 Å². The zero-order valence-corrected chi connectivity index (χ0v) is 8.30. The van der Waals surface area contributed by atoms with Crippen molar-refractivity contribution in [1.82, 2.24) is 5.32 Å². The number of hydrogen-bond donors (Lipinski definition) is 1. The zero-order chi connectivity index (χ0) is 9.80. The van der Waals surface area contributed by atoms with Gasteiger partial charge in [0.15, 0.2) is 0 Å². The lowest BCUT2D eigenvalue weighted by atomic mass is 9.93. The molecule has 0 bridgehead atoms. The van der Waals surface area contributed by atoms with Gasteiger partial charge in [0.05, 0.1) is 0 Å². The minimum absolute atomic E-state index is 0.133. The molecule has 0 radical (unpaired) electrons. The van der Waals surface area contributed by atoms with E-state index in [1.54, 1.807) is 12.1 Å². The van der Waals surface area contributed by atoms with E-state index in [-0.39, 0.29) is 5.82 Å². The SMILES string of the molecule is Fc1cccc(CCNC2CCC2)c1. The lowest BCUT2D eigenvalue weighted by molar-refractivity contribution is 0.342. The first kappa shape index (κ1) is 9.66. The average molecular weight is 193 g/mol. The second-order valence-electron chi connectivity index (χ2n) is 3.96. The predicted molar refractivity (Wildman–Crippen MR) is 55.7 cm³/mol. The Morgan fingerprint density at radius 1 is 1.36 bits per heavy atom. The third-order valence-electron chi connectivity index (χ3n) is 2.84. The van der Waals surface area contributed by atoms with Gasteiger partial charge in [0, 0.05) is 6.04 Å². The molecule has 1 aromatic rings. The largest absolute Gasteiger partial charge is 0.314 e. The summed E-state index contributed by atoms with van der Waals surface area (Å²) in [5.74, 6) is -0.133. The van der Waals surface area contributed by atoms with Crippen LogP contribution >= 0.6 is 0 Å². The Morgan fingerprint density at radius 3 is 2.86 bits per heavy atom. The molecule has 1 aliphatic carbocycles. The Hall–Kier alpha value is -0.890. The van der Waals surface area contributed by atoms with Crippen molar-refractivity contribution >= 4 is 0 Å². The smallest absolute Gasteiger partial charge is 0.123 e. The van der Waals surface area contributed by atoms with Crippen molar-refractivity contribution in [3.8, 4) is 0 Å². The Kier molecular flexibility index (Phi) is 3.14. The summed E-state index contributed by atoms with van der Waals surface area (Å²) in [6.07, 6.45) is 4.90. The van der Waals surface area contributed by atoms with Crippen molar-refractivity contribution in [2.45, 2.75) is 31.7 Å². The number of nitrogens with one attached hydrogen (secondary N) is 1. The first-order chi connectivity index (χ1) is 6.84. The molecule has 0 heterocycles. The first-order valence-corrected chi connectivity index (χ1v) is 5.32. The van der Waals surface area contributed by atoms with E-state index in [2.05, 4.69) is 5.32 Å². The summed E-state index contributed by atoms with van der Waals surface area (Å²) in [4.78, 5) is 0. The Bertz CT molecular complexity index is 294. The normalized spacial score (nSPS) is 16.6. The molecule has 1 N–H and O–H groups in total. The molecule has 2 rings (SSSR count). The fraction of sp³-hybridized carbons (Fsp3) is 0.500. The van der Waals surface area contributed by atoms with Crippen molar-refractivity contribution in [3.63, 3.8) is 0 Å². The monoisotopic (exact) mass is 193 g/mol. The van der Waals surface area contributed by atoms with Crippen LogP contribution in [-0.2, 0) is 6.42 Å². The third kappa shape index (κ3) is 2.55. The molecular weight excluding hydrogens is 177 g/mol. The summed E-state index contributed by atoms with van der Waals surface area (Å²) in [5.41, 5.74) is 1.08. The van der Waals surface area contributed by atoms with Crippen LogP contribution in [0.5, 0.6) is 0 Å². The van der Waals surface area contributed by atoms with Gasteiger partial charge in [-0.2, -0.15) is 0 Å². The number of rotatable bonds is 4. The summed E-state index contributed by atoms with van der Waals surface area (Å²) in [7, 11) is 0. The Labute approximate surface area is 84.3 Å². The molecule has 1 aliphatic rings. The Balaban J connectivity index is 1.74. The van der Waals surface area contributed by atoms with Crippen molar-refractivity contribution < 1.29 is 4.39 Å². The predicted octanol–water partition coefficient (Wildman–Crippen LogP) is 2.51. The highest BCUT2D eigenvalue weighted by Gasteiger charge is 2.15.